The summed E-state index contributed by atoms with van der Waals surface area (Å²) in [5.74, 6) is 2.27. The molecule has 3 rings (SSSR count). The van der Waals surface area contributed by atoms with Crippen molar-refractivity contribution in [2.45, 2.75) is 32.1 Å². The summed E-state index contributed by atoms with van der Waals surface area (Å²) in [5, 5.41) is 7.46. The van der Waals surface area contributed by atoms with Crippen LogP contribution in [0.25, 0.3) is 0 Å². The minimum Gasteiger partial charge on any atom is -0.338 e. The van der Waals surface area contributed by atoms with Gasteiger partial charge < -0.3 is 14.7 Å². The van der Waals surface area contributed by atoms with Gasteiger partial charge in [-0.2, -0.15) is 4.98 Å². The van der Waals surface area contributed by atoms with E-state index in [0.29, 0.717) is 5.92 Å². The molecule has 2 saturated heterocycles. The lowest BCUT2D eigenvalue weighted by atomic mass is 10.1. The quantitative estimate of drug-likeness (QED) is 0.855. The largest absolute Gasteiger partial charge is 0.338 e. The van der Waals surface area contributed by atoms with Gasteiger partial charge in [0.1, 0.15) is 0 Å². The number of piperidine rings is 1. The van der Waals surface area contributed by atoms with Crippen LogP contribution < -0.4 is 10.2 Å². The molecule has 0 saturated carbocycles. The third kappa shape index (κ3) is 2.60. The Kier molecular flexibility index (Phi) is 3.27. The van der Waals surface area contributed by atoms with Gasteiger partial charge in [0, 0.05) is 19.5 Å². The summed E-state index contributed by atoms with van der Waals surface area (Å²) in [5.41, 5.74) is 0. The Morgan fingerprint density at radius 1 is 1.29 bits per heavy atom. The Morgan fingerprint density at radius 3 is 2.94 bits per heavy atom. The minimum atomic E-state index is 0.671. The highest BCUT2D eigenvalue weighted by molar-refractivity contribution is 5.28. The summed E-state index contributed by atoms with van der Waals surface area (Å²) in [6.45, 7) is 4.35. The second kappa shape index (κ2) is 5.04. The number of nitrogens with zero attached hydrogens (tertiary/aromatic N) is 3. The first-order chi connectivity index (χ1) is 8.42. The maximum absolute atomic E-state index is 5.35. The van der Waals surface area contributed by atoms with E-state index in [-0.39, 0.29) is 0 Å². The van der Waals surface area contributed by atoms with E-state index in [2.05, 4.69) is 20.4 Å². The van der Waals surface area contributed by atoms with Crippen LogP contribution in [0.15, 0.2) is 4.52 Å². The average molecular weight is 236 g/mol. The van der Waals surface area contributed by atoms with E-state index in [1.54, 1.807) is 0 Å². The lowest BCUT2D eigenvalue weighted by molar-refractivity contribution is 0.356. The Labute approximate surface area is 102 Å². The van der Waals surface area contributed by atoms with E-state index in [4.69, 9.17) is 4.52 Å². The maximum atomic E-state index is 5.35. The Balaban J connectivity index is 1.60. The van der Waals surface area contributed by atoms with Gasteiger partial charge in [0.2, 0.25) is 5.89 Å². The summed E-state index contributed by atoms with van der Waals surface area (Å²) in [6, 6.07) is 0. The first-order valence-corrected chi connectivity index (χ1v) is 6.70. The van der Waals surface area contributed by atoms with E-state index in [0.717, 1.165) is 44.4 Å². The monoisotopic (exact) mass is 236 g/mol. The Hall–Kier alpha value is -1.10. The van der Waals surface area contributed by atoms with Crippen LogP contribution in [0, 0.1) is 5.92 Å². The molecule has 17 heavy (non-hydrogen) atoms. The highest BCUT2D eigenvalue weighted by Gasteiger charge is 2.20. The third-order valence-corrected chi connectivity index (χ3v) is 3.72. The lowest BCUT2D eigenvalue weighted by Gasteiger charge is -2.24. The molecule has 2 fully saturated rings. The van der Waals surface area contributed by atoms with Gasteiger partial charge in [0.25, 0.3) is 5.95 Å². The summed E-state index contributed by atoms with van der Waals surface area (Å²) in [7, 11) is 0. The number of rotatable bonds is 3. The fraction of sp³-hybridized carbons (Fsp3) is 0.833. The summed E-state index contributed by atoms with van der Waals surface area (Å²) in [4.78, 5) is 6.76. The van der Waals surface area contributed by atoms with E-state index < -0.39 is 0 Å². The second-order valence-corrected chi connectivity index (χ2v) is 5.10. The molecule has 3 heterocycles. The molecule has 1 aromatic rings. The zero-order valence-electron chi connectivity index (χ0n) is 10.2. The number of anilines is 1. The predicted molar refractivity (Wildman–Crippen MR) is 65.0 cm³/mol. The van der Waals surface area contributed by atoms with Crippen molar-refractivity contribution in [2.24, 2.45) is 5.92 Å². The van der Waals surface area contributed by atoms with Crippen LogP contribution in [0.1, 0.15) is 31.6 Å². The van der Waals surface area contributed by atoms with Crippen molar-refractivity contribution in [3.05, 3.63) is 5.89 Å². The summed E-state index contributed by atoms with van der Waals surface area (Å²) >= 11 is 0. The van der Waals surface area contributed by atoms with E-state index in [1.807, 2.05) is 0 Å². The van der Waals surface area contributed by atoms with Crippen molar-refractivity contribution < 1.29 is 4.52 Å². The lowest BCUT2D eigenvalue weighted by Crippen LogP contribution is -2.30. The van der Waals surface area contributed by atoms with Crippen molar-refractivity contribution in [1.82, 2.24) is 15.5 Å². The third-order valence-electron chi connectivity index (χ3n) is 3.72. The molecule has 0 amide bonds. The highest BCUT2D eigenvalue weighted by Crippen LogP contribution is 2.19. The molecule has 0 bridgehead atoms. The average Bonchev–Trinajstić information content (AvgIpc) is 3.02. The molecule has 1 N–H and O–H groups in total. The van der Waals surface area contributed by atoms with Crippen LogP contribution in [0.2, 0.25) is 0 Å². The number of hydrogen-bond acceptors (Lipinski definition) is 5. The zero-order valence-corrected chi connectivity index (χ0v) is 10.2. The van der Waals surface area contributed by atoms with Gasteiger partial charge in [0.15, 0.2) is 0 Å². The minimum absolute atomic E-state index is 0.671. The van der Waals surface area contributed by atoms with Gasteiger partial charge in [-0.15, -0.1) is 0 Å². The van der Waals surface area contributed by atoms with Crippen molar-refractivity contribution >= 4 is 5.95 Å². The van der Waals surface area contributed by atoms with Crippen LogP contribution in [0.3, 0.4) is 0 Å². The molecule has 2 aliphatic rings. The Morgan fingerprint density at radius 2 is 2.18 bits per heavy atom. The van der Waals surface area contributed by atoms with E-state index in [1.165, 1.54) is 25.7 Å². The van der Waals surface area contributed by atoms with Crippen LogP contribution >= 0.6 is 0 Å². The molecule has 5 heteroatoms. The maximum Gasteiger partial charge on any atom is 0.266 e. The van der Waals surface area contributed by atoms with Crippen LogP contribution in [0.4, 0.5) is 5.95 Å². The van der Waals surface area contributed by atoms with E-state index in [9.17, 15) is 0 Å². The summed E-state index contributed by atoms with van der Waals surface area (Å²) in [6.07, 6.45) is 5.97. The number of aromatic nitrogens is 2. The first kappa shape index (κ1) is 11.0. The highest BCUT2D eigenvalue weighted by atomic mass is 16.5. The van der Waals surface area contributed by atoms with Crippen molar-refractivity contribution in [2.75, 3.05) is 31.1 Å². The van der Waals surface area contributed by atoms with Gasteiger partial charge in [0.05, 0.1) is 0 Å². The molecule has 94 valence electrons. The molecule has 1 unspecified atom stereocenters. The smallest absolute Gasteiger partial charge is 0.266 e. The molecular weight excluding hydrogens is 216 g/mol. The molecule has 5 nitrogen and oxygen atoms in total. The van der Waals surface area contributed by atoms with Gasteiger partial charge in [-0.25, -0.2) is 0 Å². The van der Waals surface area contributed by atoms with Gasteiger partial charge in [-0.1, -0.05) is 0 Å². The topological polar surface area (TPSA) is 54.2 Å². The molecule has 0 aromatic carbocycles. The fourth-order valence-corrected chi connectivity index (χ4v) is 2.69. The molecule has 1 aromatic heterocycles. The fourth-order valence-electron chi connectivity index (χ4n) is 2.69. The number of nitrogens with one attached hydrogen (secondary N) is 1. The van der Waals surface area contributed by atoms with Crippen LogP contribution in [0.5, 0.6) is 0 Å². The van der Waals surface area contributed by atoms with Crippen molar-refractivity contribution in [3.8, 4) is 0 Å². The summed E-state index contributed by atoms with van der Waals surface area (Å²) < 4.78 is 5.35. The first-order valence-electron chi connectivity index (χ1n) is 6.70. The van der Waals surface area contributed by atoms with Gasteiger partial charge >= 0.3 is 0 Å². The molecule has 1 atom stereocenters. The second-order valence-electron chi connectivity index (χ2n) is 5.10. The SMILES string of the molecule is C1CCN(c2noc(CC3CCNC3)n2)CC1. The molecule has 0 spiro atoms. The molecule has 0 aliphatic carbocycles. The number of hydrogen-bond donors (Lipinski definition) is 1. The molecule has 0 radical (unpaired) electrons. The molecular formula is C12H20N4O. The van der Waals surface area contributed by atoms with Gasteiger partial charge in [-0.05, 0) is 49.8 Å². The van der Waals surface area contributed by atoms with E-state index >= 15 is 0 Å². The van der Waals surface area contributed by atoms with Crippen LogP contribution in [-0.4, -0.2) is 36.3 Å². The van der Waals surface area contributed by atoms with Crippen LogP contribution in [-0.2, 0) is 6.42 Å². The normalized spacial score (nSPS) is 25.4. The Bertz CT molecular complexity index is 353. The zero-order chi connectivity index (χ0) is 11.5. The molecule has 2 aliphatic heterocycles. The predicted octanol–water partition coefficient (Wildman–Crippen LogP) is 1.21. The van der Waals surface area contributed by atoms with Crippen molar-refractivity contribution in [3.63, 3.8) is 0 Å². The standard InChI is InChI=1S/C12H20N4O/c1-2-6-16(7-3-1)12-14-11(17-15-12)8-10-4-5-13-9-10/h10,13H,1-9H2. The van der Waals surface area contributed by atoms with Crippen molar-refractivity contribution in [1.29, 1.82) is 0 Å². The van der Waals surface area contributed by atoms with Gasteiger partial charge in [-0.3, -0.25) is 0 Å².